The van der Waals surface area contributed by atoms with Crippen molar-refractivity contribution in [2.75, 3.05) is 6.54 Å². The van der Waals surface area contributed by atoms with Crippen LogP contribution in [0.3, 0.4) is 0 Å². The minimum Gasteiger partial charge on any atom is -0.351 e. The highest BCUT2D eigenvalue weighted by Crippen LogP contribution is 2.13. The van der Waals surface area contributed by atoms with Crippen molar-refractivity contribution in [3.63, 3.8) is 0 Å². The van der Waals surface area contributed by atoms with Gasteiger partial charge in [-0.15, -0.1) is 11.3 Å². The lowest BCUT2D eigenvalue weighted by atomic mass is 10.0. The molecule has 0 aliphatic carbocycles. The lowest BCUT2D eigenvalue weighted by molar-refractivity contribution is -0.121. The molecule has 1 aliphatic rings. The monoisotopic (exact) mass is 267 g/mol. The molecule has 100 valence electrons. The molecular formula is C13H21N3OS. The van der Waals surface area contributed by atoms with Gasteiger partial charge in [-0.3, -0.25) is 4.79 Å². The molecule has 18 heavy (non-hydrogen) atoms. The molecule has 2 heterocycles. The molecule has 2 rings (SSSR count). The second-order valence-corrected chi connectivity index (χ2v) is 6.13. The average Bonchev–Trinajstić information content (AvgIpc) is 2.81. The van der Waals surface area contributed by atoms with Crippen molar-refractivity contribution in [1.29, 1.82) is 0 Å². The third-order valence-corrected chi connectivity index (χ3v) is 4.17. The van der Waals surface area contributed by atoms with E-state index in [2.05, 4.69) is 15.6 Å². The van der Waals surface area contributed by atoms with Crippen LogP contribution in [-0.2, 0) is 11.3 Å². The van der Waals surface area contributed by atoms with Crippen LogP contribution >= 0.6 is 11.3 Å². The molecule has 0 spiro atoms. The third kappa shape index (κ3) is 4.38. The van der Waals surface area contributed by atoms with Crippen LogP contribution in [0.15, 0.2) is 6.20 Å². The van der Waals surface area contributed by atoms with Crippen molar-refractivity contribution < 1.29 is 4.79 Å². The normalized spacial score (nSPS) is 19.7. The number of nitrogens with zero attached hydrogens (tertiary/aromatic N) is 1. The SMILES string of the molecule is Cc1ncc(CNC(=O)CCC2CCCCN2)s1. The van der Waals surface area contributed by atoms with Crippen molar-refractivity contribution in [3.05, 3.63) is 16.1 Å². The van der Waals surface area contributed by atoms with Gasteiger partial charge in [-0.05, 0) is 32.7 Å². The Hall–Kier alpha value is -0.940. The first-order valence-electron chi connectivity index (χ1n) is 6.65. The zero-order valence-corrected chi connectivity index (χ0v) is 11.7. The van der Waals surface area contributed by atoms with Crippen LogP contribution in [0.1, 0.15) is 42.0 Å². The fourth-order valence-corrected chi connectivity index (χ4v) is 2.97. The van der Waals surface area contributed by atoms with Gasteiger partial charge in [0.2, 0.25) is 5.91 Å². The van der Waals surface area contributed by atoms with E-state index in [1.54, 1.807) is 11.3 Å². The van der Waals surface area contributed by atoms with Crippen molar-refractivity contribution in [1.82, 2.24) is 15.6 Å². The van der Waals surface area contributed by atoms with Crippen LogP contribution in [0.25, 0.3) is 0 Å². The summed E-state index contributed by atoms with van der Waals surface area (Å²) in [7, 11) is 0. The fraction of sp³-hybridized carbons (Fsp3) is 0.692. The number of carbonyl (C=O) groups is 1. The summed E-state index contributed by atoms with van der Waals surface area (Å²) in [5.74, 6) is 0.147. The number of hydrogen-bond donors (Lipinski definition) is 2. The smallest absolute Gasteiger partial charge is 0.220 e. The van der Waals surface area contributed by atoms with Gasteiger partial charge in [0.1, 0.15) is 0 Å². The Balaban J connectivity index is 1.62. The average molecular weight is 267 g/mol. The second-order valence-electron chi connectivity index (χ2n) is 4.81. The molecule has 1 fully saturated rings. The maximum atomic E-state index is 11.7. The summed E-state index contributed by atoms with van der Waals surface area (Å²) < 4.78 is 0. The van der Waals surface area contributed by atoms with Gasteiger partial charge >= 0.3 is 0 Å². The number of hydrogen-bond acceptors (Lipinski definition) is 4. The summed E-state index contributed by atoms with van der Waals surface area (Å²) in [5, 5.41) is 7.47. The largest absolute Gasteiger partial charge is 0.351 e. The molecule has 1 aromatic heterocycles. The number of amides is 1. The predicted molar refractivity (Wildman–Crippen MR) is 73.6 cm³/mol. The van der Waals surface area contributed by atoms with Gasteiger partial charge in [0, 0.05) is 23.5 Å². The Bertz CT molecular complexity index is 385. The summed E-state index contributed by atoms with van der Waals surface area (Å²) in [6, 6.07) is 0.537. The number of nitrogens with one attached hydrogen (secondary N) is 2. The van der Waals surface area contributed by atoms with E-state index < -0.39 is 0 Å². The van der Waals surface area contributed by atoms with E-state index in [4.69, 9.17) is 0 Å². The minimum atomic E-state index is 0.147. The number of carbonyl (C=O) groups excluding carboxylic acids is 1. The van der Waals surface area contributed by atoms with Crippen molar-refractivity contribution in [2.45, 2.75) is 51.6 Å². The van der Waals surface area contributed by atoms with Gasteiger partial charge < -0.3 is 10.6 Å². The highest BCUT2D eigenvalue weighted by atomic mass is 32.1. The first-order chi connectivity index (χ1) is 8.74. The summed E-state index contributed by atoms with van der Waals surface area (Å²) in [5.41, 5.74) is 0. The zero-order valence-electron chi connectivity index (χ0n) is 10.9. The Kier molecular flexibility index (Phi) is 5.13. The van der Waals surface area contributed by atoms with Crippen LogP contribution in [0.5, 0.6) is 0 Å². The highest BCUT2D eigenvalue weighted by molar-refractivity contribution is 7.11. The molecule has 5 heteroatoms. The minimum absolute atomic E-state index is 0.147. The van der Waals surface area contributed by atoms with Crippen LogP contribution in [0.4, 0.5) is 0 Å². The van der Waals surface area contributed by atoms with Crippen molar-refractivity contribution in [2.24, 2.45) is 0 Å². The number of aromatic nitrogens is 1. The molecule has 1 atom stereocenters. The lowest BCUT2D eigenvalue weighted by Crippen LogP contribution is -2.35. The van der Waals surface area contributed by atoms with Gasteiger partial charge in [0.25, 0.3) is 0 Å². The Morgan fingerprint density at radius 2 is 2.50 bits per heavy atom. The number of rotatable bonds is 5. The summed E-state index contributed by atoms with van der Waals surface area (Å²) >= 11 is 1.64. The van der Waals surface area contributed by atoms with Gasteiger partial charge in [0.15, 0.2) is 0 Å². The Labute approximate surface area is 112 Å². The van der Waals surface area contributed by atoms with E-state index in [1.807, 2.05) is 13.1 Å². The molecule has 4 nitrogen and oxygen atoms in total. The highest BCUT2D eigenvalue weighted by Gasteiger charge is 2.13. The first kappa shape index (κ1) is 13.5. The van der Waals surface area contributed by atoms with Crippen LogP contribution < -0.4 is 10.6 Å². The number of thiazole rings is 1. The fourth-order valence-electron chi connectivity index (χ4n) is 2.24. The van der Waals surface area contributed by atoms with Crippen LogP contribution in [0, 0.1) is 6.92 Å². The van der Waals surface area contributed by atoms with E-state index in [9.17, 15) is 4.79 Å². The van der Waals surface area contributed by atoms with Crippen molar-refractivity contribution in [3.8, 4) is 0 Å². The molecule has 1 unspecified atom stereocenters. The van der Waals surface area contributed by atoms with E-state index in [0.717, 1.165) is 22.9 Å². The van der Waals surface area contributed by atoms with E-state index >= 15 is 0 Å². The van der Waals surface area contributed by atoms with E-state index in [1.165, 1.54) is 19.3 Å². The van der Waals surface area contributed by atoms with E-state index in [-0.39, 0.29) is 5.91 Å². The van der Waals surface area contributed by atoms with Crippen LogP contribution in [-0.4, -0.2) is 23.5 Å². The molecule has 0 radical (unpaired) electrons. The topological polar surface area (TPSA) is 54.0 Å². The second kappa shape index (κ2) is 6.85. The summed E-state index contributed by atoms with van der Waals surface area (Å²) in [4.78, 5) is 17.0. The molecule has 0 bridgehead atoms. The molecule has 1 aromatic rings. The van der Waals surface area contributed by atoms with Crippen LogP contribution in [0.2, 0.25) is 0 Å². The zero-order chi connectivity index (χ0) is 12.8. The quantitative estimate of drug-likeness (QED) is 0.858. The Morgan fingerprint density at radius 3 is 3.17 bits per heavy atom. The molecule has 0 aromatic carbocycles. The van der Waals surface area contributed by atoms with Gasteiger partial charge in [-0.1, -0.05) is 6.42 Å². The first-order valence-corrected chi connectivity index (χ1v) is 7.47. The standard InChI is InChI=1S/C13H21N3OS/c1-10-15-8-12(18-10)9-16-13(17)6-5-11-4-2-3-7-14-11/h8,11,14H,2-7,9H2,1H3,(H,16,17). The molecule has 1 aliphatic heterocycles. The Morgan fingerprint density at radius 1 is 1.61 bits per heavy atom. The number of piperidine rings is 1. The molecule has 2 N–H and O–H groups in total. The summed E-state index contributed by atoms with van der Waals surface area (Å²) in [6.45, 7) is 3.69. The molecule has 1 saturated heterocycles. The third-order valence-electron chi connectivity index (χ3n) is 3.26. The van der Waals surface area contributed by atoms with Gasteiger partial charge in [-0.25, -0.2) is 4.98 Å². The molecule has 0 saturated carbocycles. The predicted octanol–water partition coefficient (Wildman–Crippen LogP) is 1.99. The molecule has 1 amide bonds. The number of aryl methyl sites for hydroxylation is 1. The van der Waals surface area contributed by atoms with E-state index in [0.29, 0.717) is 19.0 Å². The van der Waals surface area contributed by atoms with Crippen molar-refractivity contribution >= 4 is 17.2 Å². The van der Waals surface area contributed by atoms with Gasteiger partial charge in [-0.2, -0.15) is 0 Å². The maximum Gasteiger partial charge on any atom is 0.220 e. The molecular weight excluding hydrogens is 246 g/mol. The van der Waals surface area contributed by atoms with Gasteiger partial charge in [0.05, 0.1) is 11.6 Å². The lowest BCUT2D eigenvalue weighted by Gasteiger charge is -2.22. The maximum absolute atomic E-state index is 11.7. The summed E-state index contributed by atoms with van der Waals surface area (Å²) in [6.07, 6.45) is 7.18.